The second kappa shape index (κ2) is 6.75. The monoisotopic (exact) mass is 319 g/mol. The molecule has 0 aliphatic carbocycles. The molecule has 0 spiro atoms. The zero-order valence-corrected chi connectivity index (χ0v) is 13.1. The fraction of sp³-hybridized carbons (Fsp3) is 0.462. The fourth-order valence-corrected chi connectivity index (χ4v) is 2.74. The van der Waals surface area contributed by atoms with Gasteiger partial charge in [-0.25, -0.2) is 9.97 Å². The van der Waals surface area contributed by atoms with Crippen LogP contribution < -0.4 is 10.2 Å². The Balaban J connectivity index is 1.48. The zero-order chi connectivity index (χ0) is 15.4. The minimum atomic E-state index is -0.0583. The van der Waals surface area contributed by atoms with Gasteiger partial charge in [-0.05, 0) is 13.0 Å². The molecule has 0 unspecified atom stereocenters. The molecule has 8 nitrogen and oxygen atoms in total. The highest BCUT2D eigenvalue weighted by molar-refractivity contribution is 7.13. The third-order valence-electron chi connectivity index (χ3n) is 3.41. The molecular formula is C13H17N7OS. The van der Waals surface area contributed by atoms with Crippen LogP contribution in [0.1, 0.15) is 5.69 Å². The Labute approximate surface area is 132 Å². The van der Waals surface area contributed by atoms with Crippen LogP contribution in [0.3, 0.4) is 0 Å². The summed E-state index contributed by atoms with van der Waals surface area (Å²) in [6.45, 7) is 5.56. The summed E-state index contributed by atoms with van der Waals surface area (Å²) in [7, 11) is 0. The fourth-order valence-electron chi connectivity index (χ4n) is 2.28. The molecule has 1 aliphatic rings. The van der Waals surface area contributed by atoms with E-state index in [-0.39, 0.29) is 5.91 Å². The molecule has 1 amide bonds. The smallest absolute Gasteiger partial charge is 0.240 e. The van der Waals surface area contributed by atoms with Crippen molar-refractivity contribution < 1.29 is 4.79 Å². The predicted molar refractivity (Wildman–Crippen MR) is 84.0 cm³/mol. The first kappa shape index (κ1) is 14.8. The van der Waals surface area contributed by atoms with Gasteiger partial charge >= 0.3 is 0 Å². The maximum absolute atomic E-state index is 11.9. The van der Waals surface area contributed by atoms with Crippen molar-refractivity contribution in [1.29, 1.82) is 0 Å². The lowest BCUT2D eigenvalue weighted by Gasteiger charge is -2.34. The topological polar surface area (TPSA) is 87.1 Å². The lowest BCUT2D eigenvalue weighted by Crippen LogP contribution is -2.49. The summed E-state index contributed by atoms with van der Waals surface area (Å²) in [5, 5.41) is 10.8. The van der Waals surface area contributed by atoms with E-state index in [0.717, 1.165) is 37.8 Å². The van der Waals surface area contributed by atoms with Crippen molar-refractivity contribution in [3.8, 4) is 0 Å². The molecule has 0 atom stereocenters. The summed E-state index contributed by atoms with van der Waals surface area (Å²) in [6, 6.07) is 1.89. The van der Waals surface area contributed by atoms with Crippen LogP contribution in [-0.2, 0) is 4.79 Å². The van der Waals surface area contributed by atoms with Crippen molar-refractivity contribution >= 4 is 28.3 Å². The highest BCUT2D eigenvalue weighted by atomic mass is 32.1. The van der Waals surface area contributed by atoms with Crippen molar-refractivity contribution in [1.82, 2.24) is 25.1 Å². The van der Waals surface area contributed by atoms with Gasteiger partial charge in [0.2, 0.25) is 17.0 Å². The molecule has 2 aromatic rings. The number of amides is 1. The number of nitrogens with one attached hydrogen (secondary N) is 1. The third kappa shape index (κ3) is 3.74. The summed E-state index contributed by atoms with van der Waals surface area (Å²) < 4.78 is 0. The van der Waals surface area contributed by atoms with Crippen LogP contribution in [0.15, 0.2) is 17.8 Å². The van der Waals surface area contributed by atoms with Crippen LogP contribution in [0.2, 0.25) is 0 Å². The molecule has 0 bridgehead atoms. The number of aryl methyl sites for hydroxylation is 1. The molecule has 0 radical (unpaired) electrons. The van der Waals surface area contributed by atoms with Crippen molar-refractivity contribution in [3.63, 3.8) is 0 Å². The summed E-state index contributed by atoms with van der Waals surface area (Å²) in [5.74, 6) is 0.704. The van der Waals surface area contributed by atoms with E-state index in [0.29, 0.717) is 11.7 Å². The average molecular weight is 319 g/mol. The van der Waals surface area contributed by atoms with Crippen molar-refractivity contribution in [2.75, 3.05) is 42.9 Å². The van der Waals surface area contributed by atoms with Gasteiger partial charge in [0, 0.05) is 38.1 Å². The largest absolute Gasteiger partial charge is 0.338 e. The molecule has 3 rings (SSSR count). The number of aromatic nitrogens is 4. The van der Waals surface area contributed by atoms with E-state index in [1.165, 1.54) is 11.3 Å². The van der Waals surface area contributed by atoms with Crippen LogP contribution >= 0.6 is 11.3 Å². The molecule has 9 heteroatoms. The number of piperazine rings is 1. The van der Waals surface area contributed by atoms with Gasteiger partial charge < -0.3 is 4.90 Å². The standard InChI is InChI=1S/C13H17N7OS/c1-10-2-3-14-12(16-10)20-6-4-19(5-7-20)8-11(21)17-13-18-15-9-22-13/h2-3,9H,4-8H2,1H3,(H,17,18,21). The summed E-state index contributed by atoms with van der Waals surface area (Å²) in [4.78, 5) is 24.9. The average Bonchev–Trinajstić information content (AvgIpc) is 3.01. The second-order valence-corrected chi connectivity index (χ2v) is 5.89. The molecule has 0 aromatic carbocycles. The van der Waals surface area contributed by atoms with Crippen LogP contribution in [0, 0.1) is 6.92 Å². The molecule has 1 saturated heterocycles. The number of hydrogen-bond acceptors (Lipinski definition) is 8. The van der Waals surface area contributed by atoms with E-state index >= 15 is 0 Å². The van der Waals surface area contributed by atoms with Gasteiger partial charge in [-0.15, -0.1) is 10.2 Å². The second-order valence-electron chi connectivity index (χ2n) is 5.05. The summed E-state index contributed by atoms with van der Waals surface area (Å²) in [5.41, 5.74) is 2.56. The van der Waals surface area contributed by atoms with Crippen LogP contribution in [0.5, 0.6) is 0 Å². The van der Waals surface area contributed by atoms with Gasteiger partial charge in [0.1, 0.15) is 5.51 Å². The lowest BCUT2D eigenvalue weighted by atomic mass is 10.3. The summed E-state index contributed by atoms with van der Waals surface area (Å²) in [6.07, 6.45) is 1.78. The maximum Gasteiger partial charge on any atom is 0.240 e. The van der Waals surface area contributed by atoms with Crippen LogP contribution in [0.25, 0.3) is 0 Å². The van der Waals surface area contributed by atoms with Crippen LogP contribution in [0.4, 0.5) is 11.1 Å². The molecule has 1 N–H and O–H groups in total. The van der Waals surface area contributed by atoms with Crippen molar-refractivity contribution in [2.24, 2.45) is 0 Å². The molecular weight excluding hydrogens is 302 g/mol. The Bertz CT molecular complexity index is 625. The molecule has 3 heterocycles. The van der Waals surface area contributed by atoms with Gasteiger partial charge in [-0.3, -0.25) is 15.0 Å². The number of nitrogens with zero attached hydrogens (tertiary/aromatic N) is 6. The Hall–Kier alpha value is -2.13. The highest BCUT2D eigenvalue weighted by Crippen LogP contribution is 2.12. The van der Waals surface area contributed by atoms with E-state index < -0.39 is 0 Å². The molecule has 1 aliphatic heterocycles. The minimum Gasteiger partial charge on any atom is -0.338 e. The molecule has 116 valence electrons. The van der Waals surface area contributed by atoms with Gasteiger partial charge in [-0.2, -0.15) is 0 Å². The number of hydrogen-bond donors (Lipinski definition) is 1. The first-order chi connectivity index (χ1) is 10.7. The van der Waals surface area contributed by atoms with E-state index in [2.05, 4.69) is 35.3 Å². The SMILES string of the molecule is Cc1ccnc(N2CCN(CC(=O)Nc3nncs3)CC2)n1. The van der Waals surface area contributed by atoms with Gasteiger partial charge in [0.25, 0.3) is 0 Å². The predicted octanol–water partition coefficient (Wildman–Crippen LogP) is 0.397. The molecule has 1 fully saturated rings. The number of carbonyl (C=O) groups excluding carboxylic acids is 1. The van der Waals surface area contributed by atoms with E-state index in [1.807, 2.05) is 13.0 Å². The Morgan fingerprint density at radius 1 is 1.36 bits per heavy atom. The maximum atomic E-state index is 11.9. The quantitative estimate of drug-likeness (QED) is 0.872. The lowest BCUT2D eigenvalue weighted by molar-refractivity contribution is -0.117. The van der Waals surface area contributed by atoms with Gasteiger partial charge in [0.05, 0.1) is 6.54 Å². The zero-order valence-electron chi connectivity index (χ0n) is 12.3. The van der Waals surface area contributed by atoms with E-state index in [4.69, 9.17) is 0 Å². The van der Waals surface area contributed by atoms with Gasteiger partial charge in [-0.1, -0.05) is 11.3 Å². The molecule has 2 aromatic heterocycles. The molecule has 0 saturated carbocycles. The van der Waals surface area contributed by atoms with E-state index in [9.17, 15) is 4.79 Å². The number of rotatable bonds is 4. The Kier molecular flexibility index (Phi) is 4.54. The first-order valence-corrected chi connectivity index (χ1v) is 7.91. The Morgan fingerprint density at radius 3 is 2.86 bits per heavy atom. The van der Waals surface area contributed by atoms with Crippen molar-refractivity contribution in [2.45, 2.75) is 6.92 Å². The normalized spacial score (nSPS) is 15.8. The van der Waals surface area contributed by atoms with Crippen LogP contribution in [-0.4, -0.2) is 63.7 Å². The third-order valence-corrected chi connectivity index (χ3v) is 4.02. The molecule has 22 heavy (non-hydrogen) atoms. The van der Waals surface area contributed by atoms with E-state index in [1.54, 1.807) is 11.7 Å². The highest BCUT2D eigenvalue weighted by Gasteiger charge is 2.20. The van der Waals surface area contributed by atoms with Gasteiger partial charge in [0.15, 0.2) is 0 Å². The first-order valence-electron chi connectivity index (χ1n) is 7.04. The Morgan fingerprint density at radius 2 is 2.18 bits per heavy atom. The number of carbonyl (C=O) groups is 1. The van der Waals surface area contributed by atoms with Crippen molar-refractivity contribution in [3.05, 3.63) is 23.5 Å². The minimum absolute atomic E-state index is 0.0583. The summed E-state index contributed by atoms with van der Waals surface area (Å²) >= 11 is 1.31. The number of anilines is 2.